The molecule has 2 saturated heterocycles. The Morgan fingerprint density at radius 2 is 1.88 bits per heavy atom. The zero-order valence-electron chi connectivity index (χ0n) is 18.4. The van der Waals surface area contributed by atoms with Crippen LogP contribution in [0.5, 0.6) is 5.75 Å². The van der Waals surface area contributed by atoms with E-state index in [2.05, 4.69) is 20.3 Å². The number of amides is 2. The van der Waals surface area contributed by atoms with E-state index in [-0.39, 0.29) is 17.8 Å². The minimum atomic E-state index is -0.879. The Morgan fingerprint density at radius 1 is 1.15 bits per heavy atom. The fourth-order valence-corrected chi connectivity index (χ4v) is 4.39. The summed E-state index contributed by atoms with van der Waals surface area (Å²) in [5, 5.41) is 13.1. The van der Waals surface area contributed by atoms with E-state index in [1.54, 1.807) is 23.2 Å². The zero-order chi connectivity index (χ0) is 23.7. The van der Waals surface area contributed by atoms with E-state index in [0.717, 1.165) is 12.8 Å². The van der Waals surface area contributed by atoms with Gasteiger partial charge in [0.2, 0.25) is 0 Å². The average Bonchev–Trinajstić information content (AvgIpc) is 3.26. The number of nitrogens with zero attached hydrogens (tertiary/aromatic N) is 4. The number of carbonyl (C=O) groups is 2. The van der Waals surface area contributed by atoms with Gasteiger partial charge in [-0.2, -0.15) is 0 Å². The van der Waals surface area contributed by atoms with Crippen molar-refractivity contribution in [3.8, 4) is 5.75 Å². The molecule has 0 bridgehead atoms. The van der Waals surface area contributed by atoms with Gasteiger partial charge in [0.1, 0.15) is 35.5 Å². The Labute approximate surface area is 194 Å². The normalized spacial score (nSPS) is 17.0. The first kappa shape index (κ1) is 21.9. The Morgan fingerprint density at radius 3 is 2.59 bits per heavy atom. The molecule has 0 atom stereocenters. The first-order chi connectivity index (χ1) is 16.5. The van der Waals surface area contributed by atoms with Crippen LogP contribution < -0.4 is 10.1 Å². The third kappa shape index (κ3) is 4.45. The second-order valence-corrected chi connectivity index (χ2v) is 8.65. The summed E-state index contributed by atoms with van der Waals surface area (Å²) < 4.78 is 18.9. The molecule has 0 radical (unpaired) electrons. The predicted molar refractivity (Wildman–Crippen MR) is 121 cm³/mol. The maximum absolute atomic E-state index is 13.2. The lowest BCUT2D eigenvalue weighted by Crippen LogP contribution is -2.56. The molecule has 3 N–H and O–H groups in total. The van der Waals surface area contributed by atoms with Crippen molar-refractivity contribution in [2.75, 3.05) is 38.0 Å². The van der Waals surface area contributed by atoms with Crippen LogP contribution in [0.4, 0.5) is 15.0 Å². The molecule has 0 spiro atoms. The van der Waals surface area contributed by atoms with Crippen molar-refractivity contribution >= 4 is 28.9 Å². The fourth-order valence-electron chi connectivity index (χ4n) is 4.39. The topological polar surface area (TPSA) is 124 Å². The van der Waals surface area contributed by atoms with Crippen LogP contribution in [0.3, 0.4) is 0 Å². The molecule has 10 nitrogen and oxygen atoms in total. The summed E-state index contributed by atoms with van der Waals surface area (Å²) in [6, 6.07) is 5.82. The molecule has 2 aliphatic rings. The van der Waals surface area contributed by atoms with Crippen molar-refractivity contribution < 1.29 is 23.8 Å². The lowest BCUT2D eigenvalue weighted by atomic mass is 9.97. The molecule has 0 unspecified atom stereocenters. The maximum atomic E-state index is 13.2. The molecular formula is C23H25FN6O4. The summed E-state index contributed by atoms with van der Waals surface area (Å²) in [6.07, 6.45) is 3.61. The number of ether oxygens (including phenoxy) is 1. The standard InChI is InChI=1S/C23H25FN6O4/c24-15-1-3-16(4-2-15)34-17-11-30(12-17)22(31)18-10-26-21-19(18)20(27-13-28-21)25-9-14-5-7-29(8-6-14)23(32)33/h1-4,10,13-14,17H,5-9,11-12H2,(H,32,33)(H2,25,26,27,28). The number of rotatable bonds is 6. The highest BCUT2D eigenvalue weighted by Gasteiger charge is 2.34. The quantitative estimate of drug-likeness (QED) is 0.508. The number of anilines is 1. The number of halogens is 1. The third-order valence-electron chi connectivity index (χ3n) is 6.40. The maximum Gasteiger partial charge on any atom is 0.407 e. The molecule has 2 fully saturated rings. The molecule has 11 heteroatoms. The van der Waals surface area contributed by atoms with E-state index < -0.39 is 6.09 Å². The van der Waals surface area contributed by atoms with Crippen molar-refractivity contribution in [2.24, 2.45) is 5.92 Å². The minimum absolute atomic E-state index is 0.141. The molecule has 0 aliphatic carbocycles. The van der Waals surface area contributed by atoms with E-state index in [9.17, 15) is 14.0 Å². The molecule has 4 heterocycles. The number of aromatic nitrogens is 3. The molecule has 0 saturated carbocycles. The second-order valence-electron chi connectivity index (χ2n) is 8.65. The lowest BCUT2D eigenvalue weighted by Gasteiger charge is -2.38. The van der Waals surface area contributed by atoms with Crippen molar-refractivity contribution in [3.63, 3.8) is 0 Å². The summed E-state index contributed by atoms with van der Waals surface area (Å²) in [5.74, 6) is 1.00. The van der Waals surface area contributed by atoms with Gasteiger partial charge in [-0.1, -0.05) is 0 Å². The number of nitrogens with one attached hydrogen (secondary N) is 2. The summed E-state index contributed by atoms with van der Waals surface area (Å²) in [4.78, 5) is 39.0. The van der Waals surface area contributed by atoms with E-state index in [1.165, 1.54) is 23.4 Å². The third-order valence-corrected chi connectivity index (χ3v) is 6.40. The molecule has 2 aliphatic heterocycles. The van der Waals surface area contributed by atoms with Crippen molar-refractivity contribution in [1.82, 2.24) is 24.8 Å². The van der Waals surface area contributed by atoms with Crippen molar-refractivity contribution in [3.05, 3.63) is 48.2 Å². The number of likely N-dealkylation sites (tertiary alicyclic amines) is 2. The minimum Gasteiger partial charge on any atom is -0.487 e. The number of aromatic amines is 1. The van der Waals surface area contributed by atoms with Crippen LogP contribution in [0.2, 0.25) is 0 Å². The Hall–Kier alpha value is -3.89. The molecular weight excluding hydrogens is 443 g/mol. The van der Waals surface area contributed by atoms with E-state index in [4.69, 9.17) is 9.84 Å². The molecule has 178 valence electrons. The fraction of sp³-hybridized carbons (Fsp3) is 0.391. The van der Waals surface area contributed by atoms with Crippen molar-refractivity contribution in [1.29, 1.82) is 0 Å². The van der Waals surface area contributed by atoms with Crippen LogP contribution >= 0.6 is 0 Å². The van der Waals surface area contributed by atoms with Crippen LogP contribution in [0.15, 0.2) is 36.8 Å². The molecule has 2 aromatic heterocycles. The van der Waals surface area contributed by atoms with Crippen LogP contribution in [0.1, 0.15) is 23.2 Å². The van der Waals surface area contributed by atoms with Gasteiger partial charge in [-0.25, -0.2) is 19.2 Å². The Kier molecular flexibility index (Phi) is 5.91. The zero-order valence-corrected chi connectivity index (χ0v) is 18.4. The highest BCUT2D eigenvalue weighted by molar-refractivity contribution is 6.09. The number of benzene rings is 1. The van der Waals surface area contributed by atoms with Gasteiger partial charge < -0.3 is 29.9 Å². The first-order valence-corrected chi connectivity index (χ1v) is 11.2. The number of H-pyrrole nitrogens is 1. The Balaban J connectivity index is 1.22. The summed E-state index contributed by atoms with van der Waals surface area (Å²) in [5.41, 5.74) is 1.06. The number of piperidine rings is 1. The molecule has 1 aromatic carbocycles. The van der Waals surface area contributed by atoms with Crippen molar-refractivity contribution in [2.45, 2.75) is 18.9 Å². The highest BCUT2D eigenvalue weighted by atomic mass is 19.1. The first-order valence-electron chi connectivity index (χ1n) is 11.2. The lowest BCUT2D eigenvalue weighted by molar-refractivity contribution is 0.0179. The van der Waals surface area contributed by atoms with Crippen LogP contribution in [0, 0.1) is 11.7 Å². The van der Waals surface area contributed by atoms with E-state index >= 15 is 0 Å². The van der Waals surface area contributed by atoms with Crippen LogP contribution in [0.25, 0.3) is 11.0 Å². The largest absolute Gasteiger partial charge is 0.487 e. The molecule has 2 amide bonds. The van der Waals surface area contributed by atoms with E-state index in [0.29, 0.717) is 66.8 Å². The van der Waals surface area contributed by atoms with Crippen LogP contribution in [-0.4, -0.2) is 80.7 Å². The number of hydrogen-bond acceptors (Lipinski definition) is 6. The van der Waals surface area contributed by atoms with Gasteiger partial charge in [-0.3, -0.25) is 4.79 Å². The number of carboxylic acid groups (broad SMARTS) is 1. The monoisotopic (exact) mass is 468 g/mol. The van der Waals surface area contributed by atoms with Crippen LogP contribution in [-0.2, 0) is 0 Å². The summed E-state index contributed by atoms with van der Waals surface area (Å²) >= 11 is 0. The SMILES string of the molecule is O=C(O)N1CCC(CNc2ncnc3[nH]cc(C(=O)N4CC(Oc5ccc(F)cc5)C4)c23)CC1. The summed E-state index contributed by atoms with van der Waals surface area (Å²) in [6.45, 7) is 2.54. The Bertz CT molecular complexity index is 1190. The molecule has 3 aromatic rings. The molecule has 34 heavy (non-hydrogen) atoms. The number of hydrogen-bond donors (Lipinski definition) is 3. The smallest absolute Gasteiger partial charge is 0.407 e. The predicted octanol–water partition coefficient (Wildman–Crippen LogP) is 2.80. The second kappa shape index (κ2) is 9.16. The van der Waals surface area contributed by atoms with Gasteiger partial charge in [0.15, 0.2) is 0 Å². The molecule has 5 rings (SSSR count). The number of fused-ring (bicyclic) bond motifs is 1. The van der Waals surface area contributed by atoms with Gasteiger partial charge >= 0.3 is 6.09 Å². The summed E-state index contributed by atoms with van der Waals surface area (Å²) in [7, 11) is 0. The van der Waals surface area contributed by atoms with Gasteiger partial charge in [-0.15, -0.1) is 0 Å². The van der Waals surface area contributed by atoms with E-state index in [1.807, 2.05) is 0 Å². The van der Waals surface area contributed by atoms with Gasteiger partial charge in [0, 0.05) is 25.8 Å². The number of carbonyl (C=O) groups excluding carboxylic acids is 1. The highest BCUT2D eigenvalue weighted by Crippen LogP contribution is 2.28. The van der Waals surface area contributed by atoms with Gasteiger partial charge in [-0.05, 0) is 43.0 Å². The van der Waals surface area contributed by atoms with Gasteiger partial charge in [0.05, 0.1) is 24.0 Å². The average molecular weight is 468 g/mol. The van der Waals surface area contributed by atoms with Gasteiger partial charge in [0.25, 0.3) is 5.91 Å².